The van der Waals surface area contributed by atoms with Crippen molar-refractivity contribution < 1.29 is 0 Å². The third-order valence-electron chi connectivity index (χ3n) is 13.3. The molecule has 0 saturated carbocycles. The topological polar surface area (TPSA) is 32.3 Å². The van der Waals surface area contributed by atoms with Crippen molar-refractivity contribution in [1.82, 2.24) is 9.97 Å². The molecule has 0 radical (unpaired) electrons. The highest BCUT2D eigenvalue weighted by molar-refractivity contribution is 5.79. The van der Waals surface area contributed by atoms with Gasteiger partial charge in [0.05, 0.1) is 23.5 Å². The summed E-state index contributed by atoms with van der Waals surface area (Å²) in [4.78, 5) is 15.7. The molecule has 2 aliphatic heterocycles. The van der Waals surface area contributed by atoms with Crippen molar-refractivity contribution in [3.8, 4) is 44.8 Å². The van der Waals surface area contributed by atoms with Gasteiger partial charge >= 0.3 is 0 Å². The van der Waals surface area contributed by atoms with Crippen molar-refractivity contribution in [1.29, 1.82) is 0 Å². The first-order chi connectivity index (χ1) is 30.7. The van der Waals surface area contributed by atoms with E-state index in [9.17, 15) is 0 Å². The lowest BCUT2D eigenvalue weighted by Gasteiger charge is -2.31. The Labute approximate surface area is 363 Å². The van der Waals surface area contributed by atoms with Crippen molar-refractivity contribution >= 4 is 17.3 Å². The Bertz CT molecular complexity index is 3030. The van der Waals surface area contributed by atoms with Crippen LogP contribution in [0.2, 0.25) is 0 Å². The van der Waals surface area contributed by atoms with Crippen LogP contribution in [0.1, 0.15) is 17.9 Å². The highest BCUT2D eigenvalue weighted by atomic mass is 15.3. The predicted octanol–water partition coefficient (Wildman–Crippen LogP) is 13.7. The van der Waals surface area contributed by atoms with E-state index in [0.717, 1.165) is 40.4 Å². The molecule has 0 spiro atoms. The molecule has 5 aliphatic rings. The molecule has 1 fully saturated rings. The third-order valence-corrected chi connectivity index (χ3v) is 13.3. The van der Waals surface area contributed by atoms with Gasteiger partial charge in [-0.25, -0.2) is 9.97 Å². The van der Waals surface area contributed by atoms with Crippen LogP contribution in [0.5, 0.6) is 0 Å². The fraction of sp³-hybridized carbons (Fsp3) is 0.103. The van der Waals surface area contributed by atoms with Crippen LogP contribution in [0.4, 0.5) is 17.3 Å². The summed E-state index contributed by atoms with van der Waals surface area (Å²) < 4.78 is 0. The maximum atomic E-state index is 5.45. The minimum absolute atomic E-state index is 0.0728. The van der Waals surface area contributed by atoms with E-state index in [1.807, 2.05) is 0 Å². The van der Waals surface area contributed by atoms with Gasteiger partial charge in [-0.1, -0.05) is 188 Å². The lowest BCUT2D eigenvalue weighted by atomic mass is 9.79. The van der Waals surface area contributed by atoms with E-state index in [1.165, 1.54) is 50.5 Å². The van der Waals surface area contributed by atoms with Gasteiger partial charge in [0.15, 0.2) is 0 Å². The van der Waals surface area contributed by atoms with Crippen LogP contribution < -0.4 is 9.80 Å². The second-order valence-electron chi connectivity index (χ2n) is 16.8. The van der Waals surface area contributed by atoms with Gasteiger partial charge in [0.2, 0.25) is 5.95 Å². The first-order valence-corrected chi connectivity index (χ1v) is 21.8. The zero-order valence-electron chi connectivity index (χ0n) is 34.2. The zero-order chi connectivity index (χ0) is 41.0. The van der Waals surface area contributed by atoms with Crippen LogP contribution in [0.25, 0.3) is 44.8 Å². The van der Waals surface area contributed by atoms with Gasteiger partial charge < -0.3 is 9.80 Å². The smallest absolute Gasteiger partial charge is 0.231 e. The first kappa shape index (κ1) is 36.3. The van der Waals surface area contributed by atoms with Crippen molar-refractivity contribution in [3.05, 3.63) is 247 Å². The molecule has 4 heteroatoms. The maximum absolute atomic E-state index is 5.45. The Hall–Kier alpha value is -7.56. The van der Waals surface area contributed by atoms with Crippen LogP contribution in [0.15, 0.2) is 241 Å². The van der Waals surface area contributed by atoms with Gasteiger partial charge in [0.1, 0.15) is 0 Å². The average Bonchev–Trinajstić information content (AvgIpc) is 3.87. The maximum Gasteiger partial charge on any atom is 0.231 e. The molecule has 0 N–H and O–H groups in total. The van der Waals surface area contributed by atoms with Gasteiger partial charge in [-0.3, -0.25) is 0 Å². The van der Waals surface area contributed by atoms with Crippen molar-refractivity contribution in [2.24, 2.45) is 11.8 Å². The first-order valence-electron chi connectivity index (χ1n) is 21.8. The molecule has 4 nitrogen and oxygen atoms in total. The van der Waals surface area contributed by atoms with Crippen molar-refractivity contribution in [2.75, 3.05) is 9.80 Å². The number of anilines is 3. The Balaban J connectivity index is 0.907. The molecular weight excluding hydrogens is 753 g/mol. The van der Waals surface area contributed by atoms with Gasteiger partial charge in [-0.2, -0.15) is 0 Å². The third kappa shape index (κ3) is 6.30. The van der Waals surface area contributed by atoms with Crippen LogP contribution in [0.3, 0.4) is 0 Å². The molecule has 6 aromatic carbocycles. The number of hydrogen-bond donors (Lipinski definition) is 0. The number of aromatic nitrogens is 2. The summed E-state index contributed by atoms with van der Waals surface area (Å²) in [5.74, 6) is 1.49. The summed E-state index contributed by atoms with van der Waals surface area (Å²) in [5, 5.41) is 0. The standard InChI is InChI=1S/C58H44N4/c1-4-16-39(17-5-1)41-20-14-21-42(34-41)43-22-15-23-46(35-43)53-38-52(40-18-6-2-7-19-40)59-58(60-53)62-55-29-13-11-27-49(55)51-37-45(31-33-57(51)62)44-30-32-56-50(36-44)48-26-10-12-28-54(48)61(56)47-24-8-3-9-25-47/h1-30,32-38,45,49-50,55-56H,31H2. The molecule has 1 saturated heterocycles. The van der Waals surface area contributed by atoms with Gasteiger partial charge in [-0.05, 0) is 81.8 Å². The van der Waals surface area contributed by atoms with Crippen molar-refractivity contribution in [3.63, 3.8) is 0 Å². The molecule has 5 unspecified atom stereocenters. The fourth-order valence-electron chi connectivity index (χ4n) is 10.3. The van der Waals surface area contributed by atoms with E-state index in [2.05, 4.69) is 234 Å². The number of fused-ring (bicyclic) bond motifs is 6. The van der Waals surface area contributed by atoms with E-state index >= 15 is 0 Å². The second kappa shape index (κ2) is 15.2. The van der Waals surface area contributed by atoms with Crippen LogP contribution in [-0.2, 0) is 0 Å². The lowest BCUT2D eigenvalue weighted by Crippen LogP contribution is -2.32. The minimum atomic E-state index is 0.0728. The molecular formula is C58H44N4. The summed E-state index contributed by atoms with van der Waals surface area (Å²) in [6.07, 6.45) is 22.4. The molecule has 0 amide bonds. The van der Waals surface area contributed by atoms with E-state index in [1.54, 1.807) is 0 Å². The van der Waals surface area contributed by atoms with E-state index in [0.29, 0.717) is 5.92 Å². The van der Waals surface area contributed by atoms with E-state index in [4.69, 9.17) is 9.97 Å². The Kier molecular flexibility index (Phi) is 8.88. The molecule has 7 aromatic rings. The summed E-state index contributed by atoms with van der Waals surface area (Å²) in [6, 6.07) is 60.9. The number of benzene rings is 6. The molecule has 5 atom stereocenters. The number of allylic oxidation sites excluding steroid dienone is 7. The predicted molar refractivity (Wildman–Crippen MR) is 255 cm³/mol. The fourth-order valence-corrected chi connectivity index (χ4v) is 10.3. The highest BCUT2D eigenvalue weighted by Gasteiger charge is 2.44. The molecule has 296 valence electrons. The van der Waals surface area contributed by atoms with E-state index < -0.39 is 0 Å². The summed E-state index contributed by atoms with van der Waals surface area (Å²) in [5.41, 5.74) is 16.6. The van der Waals surface area contributed by atoms with Crippen LogP contribution >= 0.6 is 0 Å². The number of rotatable bonds is 7. The van der Waals surface area contributed by atoms with Gasteiger partial charge in [0.25, 0.3) is 0 Å². The quantitative estimate of drug-likeness (QED) is 0.161. The minimum Gasteiger partial charge on any atom is -0.333 e. The number of para-hydroxylation sites is 2. The van der Waals surface area contributed by atoms with E-state index in [-0.39, 0.29) is 23.9 Å². The number of nitrogens with zero attached hydrogens (tertiary/aromatic N) is 4. The highest BCUT2D eigenvalue weighted by Crippen LogP contribution is 2.51. The SMILES string of the molecule is C1=CC2C3=CC(C4=CC5c6ccccc6N(c6ccccc6)C5C=C4)CC=C3N(c3nc(-c4ccccc4)cc(-c4cccc(-c5cccc(-c6ccccc6)c5)c4)n3)C2C=C1. The Morgan fingerprint density at radius 1 is 0.468 bits per heavy atom. The Morgan fingerprint density at radius 3 is 1.84 bits per heavy atom. The molecule has 0 bridgehead atoms. The molecule has 1 aromatic heterocycles. The van der Waals surface area contributed by atoms with Crippen LogP contribution in [-0.4, -0.2) is 22.1 Å². The largest absolute Gasteiger partial charge is 0.333 e. The zero-order valence-corrected chi connectivity index (χ0v) is 34.2. The number of hydrogen-bond acceptors (Lipinski definition) is 4. The van der Waals surface area contributed by atoms with Crippen LogP contribution in [0, 0.1) is 11.8 Å². The second-order valence-corrected chi connectivity index (χ2v) is 16.8. The van der Waals surface area contributed by atoms with Gasteiger partial charge in [-0.15, -0.1) is 0 Å². The summed E-state index contributed by atoms with van der Waals surface area (Å²) >= 11 is 0. The summed E-state index contributed by atoms with van der Waals surface area (Å²) in [6.45, 7) is 0. The molecule has 12 rings (SSSR count). The average molecular weight is 797 g/mol. The lowest BCUT2D eigenvalue weighted by molar-refractivity contribution is 0.680. The summed E-state index contributed by atoms with van der Waals surface area (Å²) in [7, 11) is 0. The molecule has 3 aliphatic carbocycles. The molecule has 3 heterocycles. The van der Waals surface area contributed by atoms with Gasteiger partial charge in [0, 0.05) is 46.0 Å². The Morgan fingerprint density at radius 2 is 1.06 bits per heavy atom. The monoisotopic (exact) mass is 796 g/mol. The molecule has 62 heavy (non-hydrogen) atoms. The van der Waals surface area contributed by atoms with Crippen molar-refractivity contribution in [2.45, 2.75) is 24.4 Å². The normalized spacial score (nSPS) is 21.7.